The molecule has 1 aliphatic heterocycles. The highest BCUT2D eigenvalue weighted by molar-refractivity contribution is 7.22. The minimum Gasteiger partial charge on any atom is -0.507 e. The lowest BCUT2D eigenvalue weighted by Gasteiger charge is -2.23. The topological polar surface area (TPSA) is 79.7 Å². The number of aromatic nitrogens is 1. The zero-order chi connectivity index (χ0) is 24.0. The van der Waals surface area contributed by atoms with Gasteiger partial charge in [-0.05, 0) is 60.2 Å². The fraction of sp³-hybridized carbons (Fsp3) is 0.0800. The third-order valence-electron chi connectivity index (χ3n) is 5.52. The van der Waals surface area contributed by atoms with Crippen molar-refractivity contribution in [3.05, 3.63) is 94.3 Å². The molecule has 1 saturated heterocycles. The molecule has 170 valence electrons. The van der Waals surface area contributed by atoms with Gasteiger partial charge in [0.25, 0.3) is 5.78 Å². The number of Topliss-reactive ketones (excluding diaryl/α,β-unsaturated/α-hetero) is 1. The lowest BCUT2D eigenvalue weighted by molar-refractivity contribution is -0.132. The number of amides is 1. The zero-order valence-corrected chi connectivity index (χ0v) is 19.2. The van der Waals surface area contributed by atoms with Crippen LogP contribution in [0.2, 0.25) is 5.02 Å². The summed E-state index contributed by atoms with van der Waals surface area (Å²) in [7, 11) is 1.55. The van der Waals surface area contributed by atoms with Crippen LogP contribution in [-0.2, 0) is 9.59 Å². The smallest absolute Gasteiger partial charge is 0.301 e. The van der Waals surface area contributed by atoms with E-state index in [9.17, 15) is 19.1 Å². The predicted molar refractivity (Wildman–Crippen MR) is 129 cm³/mol. The van der Waals surface area contributed by atoms with E-state index >= 15 is 0 Å². The molecular weight excluding hydrogens is 479 g/mol. The third-order valence-corrected chi connectivity index (χ3v) is 6.77. The van der Waals surface area contributed by atoms with Gasteiger partial charge < -0.3 is 9.84 Å². The fourth-order valence-electron chi connectivity index (χ4n) is 3.91. The first-order valence-corrected chi connectivity index (χ1v) is 11.3. The Bertz CT molecular complexity index is 1480. The SMILES string of the molecule is COc1ccc2nc(N3C(=O)C(=O)/C(=C(/O)c4ccc(F)cc4)C3c3cccc(Cl)c3)sc2c1. The van der Waals surface area contributed by atoms with E-state index in [4.69, 9.17) is 16.3 Å². The molecule has 0 aliphatic carbocycles. The van der Waals surface area contributed by atoms with Crippen molar-refractivity contribution >= 4 is 55.7 Å². The number of carbonyl (C=O) groups excluding carboxylic acids is 2. The number of thiazole rings is 1. The summed E-state index contributed by atoms with van der Waals surface area (Å²) in [6.45, 7) is 0. The minimum atomic E-state index is -0.980. The molecule has 1 fully saturated rings. The molecule has 2 heterocycles. The molecule has 1 atom stereocenters. The van der Waals surface area contributed by atoms with Crippen LogP contribution in [0.25, 0.3) is 16.0 Å². The Morgan fingerprint density at radius 3 is 2.59 bits per heavy atom. The van der Waals surface area contributed by atoms with Crippen LogP contribution in [0.3, 0.4) is 0 Å². The first kappa shape index (κ1) is 22.1. The second-order valence-electron chi connectivity index (χ2n) is 7.56. The molecule has 34 heavy (non-hydrogen) atoms. The maximum atomic E-state index is 13.4. The summed E-state index contributed by atoms with van der Waals surface area (Å²) in [6.07, 6.45) is 0. The monoisotopic (exact) mass is 494 g/mol. The summed E-state index contributed by atoms with van der Waals surface area (Å²) in [5.74, 6) is -1.97. The van der Waals surface area contributed by atoms with Crippen LogP contribution in [0.15, 0.2) is 72.3 Å². The van der Waals surface area contributed by atoms with Gasteiger partial charge in [0.2, 0.25) is 0 Å². The van der Waals surface area contributed by atoms with Crippen LogP contribution >= 0.6 is 22.9 Å². The van der Waals surface area contributed by atoms with Gasteiger partial charge in [-0.3, -0.25) is 14.5 Å². The second-order valence-corrected chi connectivity index (χ2v) is 9.01. The molecule has 5 rings (SSSR count). The van der Waals surface area contributed by atoms with E-state index in [1.807, 2.05) is 0 Å². The van der Waals surface area contributed by atoms with Gasteiger partial charge in [-0.15, -0.1) is 0 Å². The van der Waals surface area contributed by atoms with E-state index < -0.39 is 29.3 Å². The van der Waals surface area contributed by atoms with Gasteiger partial charge in [-0.2, -0.15) is 0 Å². The van der Waals surface area contributed by atoms with E-state index in [0.717, 1.165) is 4.70 Å². The highest BCUT2D eigenvalue weighted by atomic mass is 35.5. The summed E-state index contributed by atoms with van der Waals surface area (Å²) < 4.78 is 19.5. The Balaban J connectivity index is 1.72. The van der Waals surface area contributed by atoms with Crippen molar-refractivity contribution < 1.29 is 23.8 Å². The summed E-state index contributed by atoms with van der Waals surface area (Å²) in [4.78, 5) is 32.3. The van der Waals surface area contributed by atoms with E-state index in [-0.39, 0.29) is 16.3 Å². The molecule has 0 radical (unpaired) electrons. The first-order valence-electron chi connectivity index (χ1n) is 10.1. The zero-order valence-electron chi connectivity index (χ0n) is 17.7. The standard InChI is InChI=1S/C25H16ClFN2O4S/c1-33-17-9-10-18-19(12-17)34-25(28-18)29-21(14-3-2-4-15(26)11-14)20(23(31)24(29)32)22(30)13-5-7-16(27)8-6-13/h2-12,21,30H,1H3/b22-20+. The van der Waals surface area contributed by atoms with Crippen molar-refractivity contribution in [1.29, 1.82) is 0 Å². The minimum absolute atomic E-state index is 0.129. The highest BCUT2D eigenvalue weighted by Gasteiger charge is 2.48. The highest BCUT2D eigenvalue weighted by Crippen LogP contribution is 2.45. The van der Waals surface area contributed by atoms with Gasteiger partial charge >= 0.3 is 5.91 Å². The number of halogens is 2. The molecule has 0 spiro atoms. The number of hydrogen-bond donors (Lipinski definition) is 1. The Hall–Kier alpha value is -3.75. The number of hydrogen-bond acceptors (Lipinski definition) is 6. The third kappa shape index (κ3) is 3.70. The molecule has 1 amide bonds. The number of fused-ring (bicyclic) bond motifs is 1. The molecule has 1 aliphatic rings. The Morgan fingerprint density at radius 2 is 1.88 bits per heavy atom. The van der Waals surface area contributed by atoms with Gasteiger partial charge in [0.05, 0.1) is 28.9 Å². The van der Waals surface area contributed by atoms with Crippen LogP contribution in [0.4, 0.5) is 9.52 Å². The van der Waals surface area contributed by atoms with Gasteiger partial charge in [0.15, 0.2) is 5.13 Å². The lowest BCUT2D eigenvalue weighted by atomic mass is 9.95. The van der Waals surface area contributed by atoms with Crippen molar-refractivity contribution in [3.63, 3.8) is 0 Å². The van der Waals surface area contributed by atoms with Gasteiger partial charge in [0, 0.05) is 10.6 Å². The van der Waals surface area contributed by atoms with Crippen LogP contribution < -0.4 is 9.64 Å². The number of ether oxygens (including phenoxy) is 1. The van der Waals surface area contributed by atoms with Crippen molar-refractivity contribution in [3.8, 4) is 5.75 Å². The molecule has 6 nitrogen and oxygen atoms in total. The number of benzene rings is 3. The van der Waals surface area contributed by atoms with Crippen molar-refractivity contribution in [2.45, 2.75) is 6.04 Å². The maximum Gasteiger partial charge on any atom is 0.301 e. The normalized spacial score (nSPS) is 17.5. The number of rotatable bonds is 4. The van der Waals surface area contributed by atoms with E-state index in [1.54, 1.807) is 49.6 Å². The Kier molecular flexibility index (Phi) is 5.55. The lowest BCUT2D eigenvalue weighted by Crippen LogP contribution is -2.29. The number of ketones is 1. The van der Waals surface area contributed by atoms with Crippen LogP contribution in [0, 0.1) is 5.82 Å². The van der Waals surface area contributed by atoms with E-state index in [2.05, 4.69) is 4.98 Å². The van der Waals surface area contributed by atoms with Gasteiger partial charge in [-0.25, -0.2) is 9.37 Å². The second kappa shape index (κ2) is 8.55. The maximum absolute atomic E-state index is 13.4. The Morgan fingerprint density at radius 1 is 1.12 bits per heavy atom. The van der Waals surface area contributed by atoms with Gasteiger partial charge in [-0.1, -0.05) is 35.1 Å². The van der Waals surface area contributed by atoms with Crippen molar-refractivity contribution in [1.82, 2.24) is 4.98 Å². The molecule has 4 aromatic rings. The van der Waals surface area contributed by atoms with E-state index in [0.29, 0.717) is 21.9 Å². The first-order chi connectivity index (χ1) is 16.4. The molecule has 3 aromatic carbocycles. The van der Waals surface area contributed by atoms with Crippen LogP contribution in [-0.4, -0.2) is 28.9 Å². The summed E-state index contributed by atoms with van der Waals surface area (Å²) >= 11 is 7.43. The van der Waals surface area contributed by atoms with Crippen molar-refractivity contribution in [2.75, 3.05) is 12.0 Å². The van der Waals surface area contributed by atoms with E-state index in [1.165, 1.54) is 40.5 Å². The van der Waals surface area contributed by atoms with Crippen LogP contribution in [0.1, 0.15) is 17.2 Å². The number of methoxy groups -OCH3 is 1. The molecule has 1 N–H and O–H groups in total. The predicted octanol–water partition coefficient (Wildman–Crippen LogP) is 5.72. The van der Waals surface area contributed by atoms with Crippen LogP contribution in [0.5, 0.6) is 5.75 Å². The number of anilines is 1. The summed E-state index contributed by atoms with van der Waals surface area (Å²) in [5, 5.41) is 11.8. The largest absolute Gasteiger partial charge is 0.507 e. The van der Waals surface area contributed by atoms with Crippen molar-refractivity contribution in [2.24, 2.45) is 0 Å². The number of nitrogens with zero attached hydrogens (tertiary/aromatic N) is 2. The molecule has 0 bridgehead atoms. The number of aliphatic hydroxyl groups excluding tert-OH is 1. The molecule has 9 heteroatoms. The van der Waals surface area contributed by atoms with Gasteiger partial charge in [0.1, 0.15) is 17.3 Å². The average molecular weight is 495 g/mol. The average Bonchev–Trinajstić information content (AvgIpc) is 3.36. The molecule has 1 aromatic heterocycles. The number of carbonyl (C=O) groups is 2. The molecule has 0 saturated carbocycles. The quantitative estimate of drug-likeness (QED) is 0.223. The summed E-state index contributed by atoms with van der Waals surface area (Å²) in [6, 6.07) is 16.0. The Labute approximate surface area is 202 Å². The molecule has 1 unspecified atom stereocenters. The fourth-order valence-corrected chi connectivity index (χ4v) is 5.13. The number of aliphatic hydroxyl groups is 1. The summed E-state index contributed by atoms with van der Waals surface area (Å²) in [5.41, 5.74) is 1.23. The molecular formula is C25H16ClFN2O4S.